The van der Waals surface area contributed by atoms with Crippen LogP contribution in [0.1, 0.15) is 17.3 Å². The zero-order chi connectivity index (χ0) is 19.6. The van der Waals surface area contributed by atoms with Gasteiger partial charge >= 0.3 is 12.1 Å². The summed E-state index contributed by atoms with van der Waals surface area (Å²) in [6.07, 6.45) is 1.39. The first-order valence-electron chi connectivity index (χ1n) is 8.16. The van der Waals surface area contributed by atoms with Gasteiger partial charge in [0.1, 0.15) is 0 Å². The van der Waals surface area contributed by atoms with Crippen LogP contribution in [0, 0.1) is 0 Å². The van der Waals surface area contributed by atoms with Crippen molar-refractivity contribution < 1.29 is 23.9 Å². The topological polar surface area (TPSA) is 93.7 Å². The Bertz CT molecular complexity index is 791. The minimum absolute atomic E-state index is 0.264. The molecule has 0 saturated heterocycles. The third-order valence-electron chi connectivity index (χ3n) is 3.35. The summed E-state index contributed by atoms with van der Waals surface area (Å²) in [7, 11) is 0. The summed E-state index contributed by atoms with van der Waals surface area (Å²) in [5.41, 5.74) is 1.38. The number of nitrogens with one attached hydrogen (secondary N) is 2. The van der Waals surface area contributed by atoms with Crippen molar-refractivity contribution >= 4 is 41.1 Å². The van der Waals surface area contributed by atoms with E-state index in [1.54, 1.807) is 43.0 Å². The molecule has 0 radical (unpaired) electrons. The summed E-state index contributed by atoms with van der Waals surface area (Å²) in [5.74, 6) is -1.06. The van der Waals surface area contributed by atoms with E-state index in [4.69, 9.17) is 9.47 Å². The van der Waals surface area contributed by atoms with Crippen molar-refractivity contribution in [3.63, 3.8) is 0 Å². The van der Waals surface area contributed by atoms with Crippen molar-refractivity contribution in [1.82, 2.24) is 0 Å². The number of hydrogen-bond donors (Lipinski definition) is 2. The number of carbonyl (C=O) groups is 3. The molecular weight excluding hydrogens is 368 g/mol. The molecule has 0 saturated carbocycles. The lowest BCUT2D eigenvalue weighted by molar-refractivity contribution is -0.119. The van der Waals surface area contributed by atoms with Crippen molar-refractivity contribution in [2.24, 2.45) is 0 Å². The van der Waals surface area contributed by atoms with Gasteiger partial charge in [0.25, 0.3) is 5.91 Å². The molecular formula is C19H20N2O5S. The summed E-state index contributed by atoms with van der Waals surface area (Å²) >= 11 is 1.60. The van der Waals surface area contributed by atoms with E-state index in [0.717, 1.165) is 4.90 Å². The Morgan fingerprint density at radius 2 is 1.48 bits per heavy atom. The fourth-order valence-corrected chi connectivity index (χ4v) is 2.47. The van der Waals surface area contributed by atoms with Crippen LogP contribution in [0.2, 0.25) is 0 Å². The van der Waals surface area contributed by atoms with Gasteiger partial charge in [-0.05, 0) is 61.7 Å². The van der Waals surface area contributed by atoms with E-state index in [1.807, 2.05) is 18.4 Å². The van der Waals surface area contributed by atoms with Gasteiger partial charge in [0, 0.05) is 16.3 Å². The van der Waals surface area contributed by atoms with Gasteiger partial charge in [-0.2, -0.15) is 0 Å². The predicted octanol–water partition coefficient (Wildman–Crippen LogP) is 3.77. The first-order chi connectivity index (χ1) is 13.0. The fraction of sp³-hybridized carbons (Fsp3) is 0.211. The summed E-state index contributed by atoms with van der Waals surface area (Å²) in [6, 6.07) is 13.4. The van der Waals surface area contributed by atoms with Gasteiger partial charge in [-0.1, -0.05) is 0 Å². The molecule has 27 heavy (non-hydrogen) atoms. The Morgan fingerprint density at radius 3 is 2.07 bits per heavy atom. The van der Waals surface area contributed by atoms with Crippen molar-refractivity contribution in [3.05, 3.63) is 54.1 Å². The molecule has 2 rings (SSSR count). The monoisotopic (exact) mass is 388 g/mol. The van der Waals surface area contributed by atoms with E-state index in [1.165, 1.54) is 12.1 Å². The lowest BCUT2D eigenvalue weighted by Gasteiger charge is -2.08. The molecule has 0 spiro atoms. The molecule has 0 unspecified atom stereocenters. The first kappa shape index (κ1) is 20.3. The maximum atomic E-state index is 12.0. The van der Waals surface area contributed by atoms with E-state index in [2.05, 4.69) is 10.6 Å². The van der Waals surface area contributed by atoms with E-state index in [-0.39, 0.29) is 12.2 Å². The Balaban J connectivity index is 1.81. The molecule has 142 valence electrons. The molecule has 0 aliphatic rings. The molecule has 0 aliphatic heterocycles. The normalized spacial score (nSPS) is 10.0. The van der Waals surface area contributed by atoms with Crippen LogP contribution in [0.4, 0.5) is 16.2 Å². The van der Waals surface area contributed by atoms with Crippen LogP contribution < -0.4 is 10.6 Å². The average molecular weight is 388 g/mol. The lowest BCUT2D eigenvalue weighted by Crippen LogP contribution is -2.21. The molecule has 0 heterocycles. The zero-order valence-corrected chi connectivity index (χ0v) is 15.8. The number of benzene rings is 2. The van der Waals surface area contributed by atoms with E-state index >= 15 is 0 Å². The molecule has 0 fully saturated rings. The third-order valence-corrected chi connectivity index (χ3v) is 4.09. The lowest BCUT2D eigenvalue weighted by atomic mass is 10.2. The second kappa shape index (κ2) is 10.2. The highest BCUT2D eigenvalue weighted by Crippen LogP contribution is 2.17. The highest BCUT2D eigenvalue weighted by molar-refractivity contribution is 7.98. The molecule has 2 N–H and O–H groups in total. The van der Waals surface area contributed by atoms with Crippen molar-refractivity contribution in [3.8, 4) is 0 Å². The third kappa shape index (κ3) is 6.67. The van der Waals surface area contributed by atoms with Crippen LogP contribution in [0.25, 0.3) is 0 Å². The number of rotatable bonds is 7. The number of hydrogen-bond acceptors (Lipinski definition) is 6. The molecule has 7 nitrogen and oxygen atoms in total. The standard InChI is InChI=1S/C19H20N2O5S/c1-3-25-19(24)21-15-6-4-13(5-7-15)18(23)26-12-17(22)20-14-8-10-16(27-2)11-9-14/h4-11H,3,12H2,1-2H3,(H,20,22)(H,21,24). The second-order valence-electron chi connectivity index (χ2n) is 5.28. The summed E-state index contributed by atoms with van der Waals surface area (Å²) < 4.78 is 9.76. The summed E-state index contributed by atoms with van der Waals surface area (Å²) in [4.78, 5) is 36.3. The second-order valence-corrected chi connectivity index (χ2v) is 6.16. The number of anilines is 2. The van der Waals surface area contributed by atoms with Crippen LogP contribution in [0.5, 0.6) is 0 Å². The highest BCUT2D eigenvalue weighted by Gasteiger charge is 2.11. The van der Waals surface area contributed by atoms with Gasteiger partial charge in [0.05, 0.1) is 12.2 Å². The summed E-state index contributed by atoms with van der Waals surface area (Å²) in [5, 5.41) is 5.17. The van der Waals surface area contributed by atoms with Crippen LogP contribution in [-0.4, -0.2) is 37.4 Å². The zero-order valence-electron chi connectivity index (χ0n) is 15.0. The van der Waals surface area contributed by atoms with Crippen molar-refractivity contribution in [1.29, 1.82) is 0 Å². The SMILES string of the molecule is CCOC(=O)Nc1ccc(C(=O)OCC(=O)Nc2ccc(SC)cc2)cc1. The van der Waals surface area contributed by atoms with Gasteiger partial charge in [0.2, 0.25) is 0 Å². The smallest absolute Gasteiger partial charge is 0.411 e. The predicted molar refractivity (Wildman–Crippen MR) is 104 cm³/mol. The first-order valence-corrected chi connectivity index (χ1v) is 9.39. The minimum Gasteiger partial charge on any atom is -0.452 e. The maximum absolute atomic E-state index is 12.0. The van der Waals surface area contributed by atoms with Crippen LogP contribution in [0.3, 0.4) is 0 Å². The average Bonchev–Trinajstić information content (AvgIpc) is 2.67. The highest BCUT2D eigenvalue weighted by atomic mass is 32.2. The van der Waals surface area contributed by atoms with Gasteiger partial charge in [-0.25, -0.2) is 9.59 Å². The Labute approximate surface area is 161 Å². The van der Waals surface area contributed by atoms with E-state index in [0.29, 0.717) is 11.4 Å². The molecule has 2 amide bonds. The molecule has 0 bridgehead atoms. The molecule has 0 aliphatic carbocycles. The Kier molecular flexibility index (Phi) is 7.69. The molecule has 0 aromatic heterocycles. The van der Waals surface area contributed by atoms with Gasteiger partial charge < -0.3 is 14.8 Å². The minimum atomic E-state index is -0.634. The van der Waals surface area contributed by atoms with Crippen LogP contribution in [-0.2, 0) is 14.3 Å². The molecule has 2 aromatic carbocycles. The van der Waals surface area contributed by atoms with Gasteiger partial charge in [-0.15, -0.1) is 11.8 Å². The molecule has 8 heteroatoms. The number of esters is 1. The van der Waals surface area contributed by atoms with Gasteiger partial charge in [-0.3, -0.25) is 10.1 Å². The quantitative estimate of drug-likeness (QED) is 0.554. The summed E-state index contributed by atoms with van der Waals surface area (Å²) in [6.45, 7) is 1.57. The molecule has 2 aromatic rings. The number of amides is 2. The van der Waals surface area contributed by atoms with Crippen LogP contribution >= 0.6 is 11.8 Å². The van der Waals surface area contributed by atoms with Crippen molar-refractivity contribution in [2.45, 2.75) is 11.8 Å². The fourth-order valence-electron chi connectivity index (χ4n) is 2.06. The van der Waals surface area contributed by atoms with E-state index in [9.17, 15) is 14.4 Å². The number of thioether (sulfide) groups is 1. The number of ether oxygens (including phenoxy) is 2. The largest absolute Gasteiger partial charge is 0.452 e. The maximum Gasteiger partial charge on any atom is 0.411 e. The molecule has 0 atom stereocenters. The Morgan fingerprint density at radius 1 is 0.889 bits per heavy atom. The Hall–Kier alpha value is -3.00. The van der Waals surface area contributed by atoms with E-state index < -0.39 is 24.6 Å². The number of carbonyl (C=O) groups excluding carboxylic acids is 3. The van der Waals surface area contributed by atoms with Crippen LogP contribution in [0.15, 0.2) is 53.4 Å². The van der Waals surface area contributed by atoms with Crippen molar-refractivity contribution in [2.75, 3.05) is 30.1 Å². The van der Waals surface area contributed by atoms with Gasteiger partial charge in [0.15, 0.2) is 6.61 Å².